The number of hydrogen-bond acceptors (Lipinski definition) is 3. The molecule has 1 saturated heterocycles. The van der Waals surface area contributed by atoms with E-state index in [0.717, 1.165) is 18.7 Å². The standard InChI is InChI=1S/C15H21F3N2O/c16-15(17,18)12-21-10-7-19-11-13-3-5-14(6-4-13)20-8-1-2-9-20/h3-6,19H,1-2,7-12H2. The molecule has 118 valence electrons. The first-order valence-electron chi connectivity index (χ1n) is 7.24. The van der Waals surface area contributed by atoms with Crippen LogP contribution in [-0.2, 0) is 11.3 Å². The lowest BCUT2D eigenvalue weighted by molar-refractivity contribution is -0.173. The minimum absolute atomic E-state index is 0.0609. The maximum atomic E-state index is 11.8. The van der Waals surface area contributed by atoms with Crippen molar-refractivity contribution in [1.29, 1.82) is 0 Å². The van der Waals surface area contributed by atoms with Crippen molar-refractivity contribution in [1.82, 2.24) is 5.32 Å². The molecule has 1 N–H and O–H groups in total. The number of alkyl halides is 3. The van der Waals surface area contributed by atoms with Crippen LogP contribution in [0.25, 0.3) is 0 Å². The fourth-order valence-corrected chi connectivity index (χ4v) is 2.36. The summed E-state index contributed by atoms with van der Waals surface area (Å²) in [6.45, 7) is 2.16. The number of nitrogens with zero attached hydrogens (tertiary/aromatic N) is 1. The summed E-state index contributed by atoms with van der Waals surface area (Å²) >= 11 is 0. The molecule has 1 aromatic carbocycles. The van der Waals surface area contributed by atoms with Gasteiger partial charge in [-0.25, -0.2) is 0 Å². The summed E-state index contributed by atoms with van der Waals surface area (Å²) in [5, 5.41) is 3.07. The van der Waals surface area contributed by atoms with Gasteiger partial charge in [-0.3, -0.25) is 0 Å². The zero-order valence-corrected chi connectivity index (χ0v) is 12.0. The second-order valence-corrected chi connectivity index (χ2v) is 5.21. The SMILES string of the molecule is FC(F)(F)COCCNCc1ccc(N2CCCC2)cc1. The fourth-order valence-electron chi connectivity index (χ4n) is 2.36. The Labute approximate surface area is 123 Å². The van der Waals surface area contributed by atoms with Crippen LogP contribution in [0.15, 0.2) is 24.3 Å². The summed E-state index contributed by atoms with van der Waals surface area (Å²) in [5.41, 5.74) is 2.36. The molecule has 0 saturated carbocycles. The van der Waals surface area contributed by atoms with E-state index in [2.05, 4.69) is 39.2 Å². The molecule has 1 aliphatic rings. The zero-order chi connectivity index (χ0) is 15.1. The molecule has 3 nitrogen and oxygen atoms in total. The first-order valence-corrected chi connectivity index (χ1v) is 7.24. The van der Waals surface area contributed by atoms with Gasteiger partial charge in [0.1, 0.15) is 6.61 Å². The molecular weight excluding hydrogens is 281 g/mol. The van der Waals surface area contributed by atoms with Crippen LogP contribution in [0.5, 0.6) is 0 Å². The van der Waals surface area contributed by atoms with Crippen molar-refractivity contribution < 1.29 is 17.9 Å². The Balaban J connectivity index is 1.62. The molecule has 2 rings (SSSR count). The molecule has 1 aromatic rings. The lowest BCUT2D eigenvalue weighted by Crippen LogP contribution is -2.23. The van der Waals surface area contributed by atoms with E-state index in [0.29, 0.717) is 13.1 Å². The van der Waals surface area contributed by atoms with E-state index in [4.69, 9.17) is 0 Å². The molecule has 0 aliphatic carbocycles. The maximum Gasteiger partial charge on any atom is 0.411 e. The van der Waals surface area contributed by atoms with Gasteiger partial charge in [-0.15, -0.1) is 0 Å². The van der Waals surface area contributed by atoms with Crippen LogP contribution in [0.4, 0.5) is 18.9 Å². The predicted molar refractivity (Wildman–Crippen MR) is 76.5 cm³/mol. The van der Waals surface area contributed by atoms with Crippen molar-refractivity contribution in [2.24, 2.45) is 0 Å². The van der Waals surface area contributed by atoms with Crippen molar-refractivity contribution in [3.63, 3.8) is 0 Å². The van der Waals surface area contributed by atoms with Gasteiger partial charge in [0.15, 0.2) is 0 Å². The Bertz CT molecular complexity index is 414. The second kappa shape index (κ2) is 7.66. The highest BCUT2D eigenvalue weighted by atomic mass is 19.4. The van der Waals surface area contributed by atoms with Gasteiger partial charge in [0.25, 0.3) is 0 Å². The van der Waals surface area contributed by atoms with Crippen molar-refractivity contribution in [3.05, 3.63) is 29.8 Å². The van der Waals surface area contributed by atoms with Gasteiger partial charge >= 0.3 is 6.18 Å². The smallest absolute Gasteiger partial charge is 0.372 e. The largest absolute Gasteiger partial charge is 0.411 e. The van der Waals surface area contributed by atoms with E-state index in [-0.39, 0.29) is 6.61 Å². The molecule has 0 atom stereocenters. The topological polar surface area (TPSA) is 24.5 Å². The van der Waals surface area contributed by atoms with E-state index >= 15 is 0 Å². The molecule has 1 fully saturated rings. The third-order valence-corrected chi connectivity index (χ3v) is 3.43. The predicted octanol–water partition coefficient (Wildman–Crippen LogP) is 2.96. The molecular formula is C15H21F3N2O. The normalized spacial score (nSPS) is 15.7. The molecule has 0 bridgehead atoms. The van der Waals surface area contributed by atoms with Gasteiger partial charge in [0, 0.05) is 31.9 Å². The summed E-state index contributed by atoms with van der Waals surface area (Å²) in [6, 6.07) is 8.30. The lowest BCUT2D eigenvalue weighted by atomic mass is 10.2. The van der Waals surface area contributed by atoms with Crippen LogP contribution >= 0.6 is 0 Å². The number of anilines is 1. The van der Waals surface area contributed by atoms with E-state index in [1.165, 1.54) is 18.5 Å². The minimum Gasteiger partial charge on any atom is -0.372 e. The van der Waals surface area contributed by atoms with Gasteiger partial charge in [-0.1, -0.05) is 12.1 Å². The number of ether oxygens (including phenoxy) is 1. The number of benzene rings is 1. The third kappa shape index (κ3) is 5.93. The number of halogens is 3. The minimum atomic E-state index is -4.24. The van der Waals surface area contributed by atoms with Gasteiger partial charge in [0.05, 0.1) is 6.61 Å². The Kier molecular flexibility index (Phi) is 5.87. The molecule has 0 amide bonds. The number of rotatable bonds is 7. The highest BCUT2D eigenvalue weighted by Crippen LogP contribution is 2.20. The van der Waals surface area contributed by atoms with E-state index in [1.807, 2.05) is 0 Å². The average molecular weight is 302 g/mol. The molecule has 0 radical (unpaired) electrons. The highest BCUT2D eigenvalue weighted by Gasteiger charge is 2.27. The quantitative estimate of drug-likeness (QED) is 0.784. The van der Waals surface area contributed by atoms with Gasteiger partial charge in [-0.05, 0) is 30.5 Å². The van der Waals surface area contributed by atoms with Crippen molar-refractivity contribution in [3.8, 4) is 0 Å². The van der Waals surface area contributed by atoms with E-state index in [1.54, 1.807) is 0 Å². The summed E-state index contributed by atoms with van der Waals surface area (Å²) in [4.78, 5) is 2.36. The second-order valence-electron chi connectivity index (χ2n) is 5.21. The molecule has 6 heteroatoms. The molecule has 0 spiro atoms. The molecule has 1 heterocycles. The Morgan fingerprint density at radius 3 is 2.38 bits per heavy atom. The van der Waals surface area contributed by atoms with Crippen LogP contribution in [0.2, 0.25) is 0 Å². The van der Waals surface area contributed by atoms with Gasteiger partial charge in [0.2, 0.25) is 0 Å². The van der Waals surface area contributed by atoms with E-state index < -0.39 is 12.8 Å². The molecule has 1 aliphatic heterocycles. The van der Waals surface area contributed by atoms with Crippen molar-refractivity contribution in [2.45, 2.75) is 25.6 Å². The van der Waals surface area contributed by atoms with Crippen molar-refractivity contribution >= 4 is 5.69 Å². The Hall–Kier alpha value is -1.27. The zero-order valence-electron chi connectivity index (χ0n) is 12.0. The first kappa shape index (κ1) is 16.1. The van der Waals surface area contributed by atoms with Crippen LogP contribution in [0.3, 0.4) is 0 Å². The average Bonchev–Trinajstić information content (AvgIpc) is 2.96. The Morgan fingerprint density at radius 1 is 1.10 bits per heavy atom. The monoisotopic (exact) mass is 302 g/mol. The summed E-state index contributed by atoms with van der Waals surface area (Å²) in [6.07, 6.45) is -1.74. The lowest BCUT2D eigenvalue weighted by Gasteiger charge is -2.17. The van der Waals surface area contributed by atoms with Crippen LogP contribution in [-0.4, -0.2) is 39.0 Å². The summed E-state index contributed by atoms with van der Waals surface area (Å²) in [7, 11) is 0. The fraction of sp³-hybridized carbons (Fsp3) is 0.600. The summed E-state index contributed by atoms with van der Waals surface area (Å²) < 4.78 is 40.1. The third-order valence-electron chi connectivity index (χ3n) is 3.43. The summed E-state index contributed by atoms with van der Waals surface area (Å²) in [5.74, 6) is 0. The molecule has 21 heavy (non-hydrogen) atoms. The number of hydrogen-bond donors (Lipinski definition) is 1. The Morgan fingerprint density at radius 2 is 1.76 bits per heavy atom. The maximum absolute atomic E-state index is 11.8. The van der Waals surface area contributed by atoms with Crippen molar-refractivity contribution in [2.75, 3.05) is 37.7 Å². The number of nitrogens with one attached hydrogen (secondary N) is 1. The molecule has 0 aromatic heterocycles. The van der Waals surface area contributed by atoms with Gasteiger partial charge in [-0.2, -0.15) is 13.2 Å². The van der Waals surface area contributed by atoms with Gasteiger partial charge < -0.3 is 15.0 Å². The molecule has 0 unspecified atom stereocenters. The van der Waals surface area contributed by atoms with Crippen LogP contribution in [0, 0.1) is 0 Å². The van der Waals surface area contributed by atoms with E-state index in [9.17, 15) is 13.2 Å². The highest BCUT2D eigenvalue weighted by molar-refractivity contribution is 5.48. The van der Waals surface area contributed by atoms with Crippen LogP contribution in [0.1, 0.15) is 18.4 Å². The van der Waals surface area contributed by atoms with Crippen LogP contribution < -0.4 is 10.2 Å². The first-order chi connectivity index (χ1) is 10.0.